The van der Waals surface area contributed by atoms with Crippen molar-refractivity contribution in [1.29, 1.82) is 0 Å². The molecule has 0 bridgehead atoms. The molecule has 1 fully saturated rings. The molecule has 1 saturated heterocycles. The number of hydrogen-bond acceptors (Lipinski definition) is 7. The summed E-state index contributed by atoms with van der Waals surface area (Å²) < 4.78 is 25.4. The van der Waals surface area contributed by atoms with E-state index in [0.29, 0.717) is 34.8 Å². The van der Waals surface area contributed by atoms with E-state index in [9.17, 15) is 8.42 Å². The molecule has 1 aliphatic heterocycles. The molecular weight excluding hydrogens is 392 g/mol. The SMILES string of the molecule is CS(=O)(=O)Nc1cccc(Nc2nc(NCC3CCCCN3)c3[nH]c[nH+]c3n2)c1. The van der Waals surface area contributed by atoms with E-state index >= 15 is 0 Å². The Hall–Kier alpha value is -2.92. The Balaban J connectivity index is 1.54. The van der Waals surface area contributed by atoms with Gasteiger partial charge >= 0.3 is 11.6 Å². The first kappa shape index (κ1) is 19.4. The maximum absolute atomic E-state index is 11.5. The molecule has 0 amide bonds. The van der Waals surface area contributed by atoms with E-state index < -0.39 is 10.0 Å². The highest BCUT2D eigenvalue weighted by Gasteiger charge is 2.18. The number of benzene rings is 1. The van der Waals surface area contributed by atoms with Gasteiger partial charge < -0.3 is 16.0 Å². The second-order valence-electron chi connectivity index (χ2n) is 7.16. The smallest absolute Gasteiger partial charge is 0.307 e. The number of imidazole rings is 1. The molecule has 154 valence electrons. The summed E-state index contributed by atoms with van der Waals surface area (Å²) in [4.78, 5) is 15.3. The minimum absolute atomic E-state index is 0.406. The Morgan fingerprint density at radius 3 is 2.90 bits per heavy atom. The Morgan fingerprint density at radius 1 is 1.24 bits per heavy atom. The van der Waals surface area contributed by atoms with Gasteiger partial charge in [0.15, 0.2) is 12.1 Å². The summed E-state index contributed by atoms with van der Waals surface area (Å²) in [5.74, 6) is 1.11. The van der Waals surface area contributed by atoms with Crippen LogP contribution in [0.25, 0.3) is 11.2 Å². The van der Waals surface area contributed by atoms with Crippen LogP contribution in [0.3, 0.4) is 0 Å². The summed E-state index contributed by atoms with van der Waals surface area (Å²) in [5.41, 5.74) is 2.62. The maximum Gasteiger partial charge on any atom is 0.307 e. The number of nitrogens with one attached hydrogen (secondary N) is 6. The van der Waals surface area contributed by atoms with Crippen molar-refractivity contribution in [2.75, 3.05) is 34.7 Å². The molecule has 2 aromatic heterocycles. The third kappa shape index (κ3) is 5.12. The molecule has 1 aliphatic rings. The van der Waals surface area contributed by atoms with Crippen LogP contribution >= 0.6 is 0 Å². The molecule has 0 aliphatic carbocycles. The number of piperidine rings is 1. The van der Waals surface area contributed by atoms with Gasteiger partial charge in [-0.25, -0.2) is 13.4 Å². The molecule has 1 unspecified atom stereocenters. The zero-order chi connectivity index (χ0) is 20.3. The van der Waals surface area contributed by atoms with Gasteiger partial charge in [-0.3, -0.25) is 9.71 Å². The van der Waals surface area contributed by atoms with Crippen LogP contribution < -0.4 is 25.7 Å². The van der Waals surface area contributed by atoms with Crippen LogP contribution in [0, 0.1) is 0 Å². The van der Waals surface area contributed by atoms with Crippen molar-refractivity contribution in [1.82, 2.24) is 20.3 Å². The van der Waals surface area contributed by atoms with Gasteiger partial charge in [-0.1, -0.05) is 17.5 Å². The van der Waals surface area contributed by atoms with Gasteiger partial charge in [0.2, 0.25) is 15.5 Å². The summed E-state index contributed by atoms with van der Waals surface area (Å²) in [6, 6.07) is 7.36. The maximum atomic E-state index is 11.5. The Morgan fingerprint density at radius 2 is 2.10 bits per heavy atom. The van der Waals surface area contributed by atoms with E-state index in [1.165, 1.54) is 12.8 Å². The van der Waals surface area contributed by atoms with Gasteiger partial charge in [-0.2, -0.15) is 4.98 Å². The molecule has 1 aromatic carbocycles. The molecule has 4 rings (SSSR count). The number of nitrogens with zero attached hydrogens (tertiary/aromatic N) is 2. The van der Waals surface area contributed by atoms with Crippen molar-refractivity contribution in [3.8, 4) is 0 Å². The molecule has 3 aromatic rings. The molecule has 0 saturated carbocycles. The second-order valence-corrected chi connectivity index (χ2v) is 8.91. The van der Waals surface area contributed by atoms with Crippen molar-refractivity contribution in [3.05, 3.63) is 30.6 Å². The number of aromatic amines is 2. The van der Waals surface area contributed by atoms with Crippen molar-refractivity contribution in [2.45, 2.75) is 25.3 Å². The largest absolute Gasteiger partial charge is 0.365 e. The third-order valence-corrected chi connectivity index (χ3v) is 5.29. The van der Waals surface area contributed by atoms with Gasteiger partial charge in [0, 0.05) is 18.3 Å². The molecule has 0 spiro atoms. The van der Waals surface area contributed by atoms with Gasteiger partial charge in [0.05, 0.1) is 11.9 Å². The van der Waals surface area contributed by atoms with Crippen molar-refractivity contribution < 1.29 is 13.4 Å². The average molecular weight is 418 g/mol. The highest BCUT2D eigenvalue weighted by molar-refractivity contribution is 7.92. The number of aromatic nitrogens is 4. The lowest BCUT2D eigenvalue weighted by Gasteiger charge is -2.23. The monoisotopic (exact) mass is 417 g/mol. The fourth-order valence-corrected chi connectivity index (χ4v) is 3.94. The molecule has 10 nitrogen and oxygen atoms in total. The normalized spacial score (nSPS) is 17.2. The van der Waals surface area contributed by atoms with Crippen LogP contribution in [-0.4, -0.2) is 48.8 Å². The molecule has 0 radical (unpaired) electrons. The number of fused-ring (bicyclic) bond motifs is 1. The van der Waals surface area contributed by atoms with E-state index in [4.69, 9.17) is 0 Å². The van der Waals surface area contributed by atoms with E-state index in [-0.39, 0.29) is 0 Å². The summed E-state index contributed by atoms with van der Waals surface area (Å²) in [6.07, 6.45) is 6.43. The van der Waals surface area contributed by atoms with E-state index in [2.05, 4.69) is 40.6 Å². The first-order chi connectivity index (χ1) is 14.0. The highest BCUT2D eigenvalue weighted by Crippen LogP contribution is 2.22. The van der Waals surface area contributed by atoms with Crippen molar-refractivity contribution in [3.63, 3.8) is 0 Å². The predicted molar refractivity (Wildman–Crippen MR) is 113 cm³/mol. The minimum atomic E-state index is -3.35. The standard InChI is InChI=1S/C18H24N8O2S/c1-29(27,28)26-13-7-4-6-12(9-13)23-18-24-16(15-17(25-18)22-11-21-15)20-10-14-5-2-3-8-19-14/h4,6-7,9,11,14,19,26H,2-3,5,8,10H2,1H3,(H3,20,21,22,23,24,25)/p+1. The molecular formula is C18H25N8O2S+. The first-order valence-corrected chi connectivity index (χ1v) is 11.4. The number of rotatable bonds is 7. The molecule has 6 N–H and O–H groups in total. The summed E-state index contributed by atoms with van der Waals surface area (Å²) in [7, 11) is -3.35. The fourth-order valence-electron chi connectivity index (χ4n) is 3.38. The molecule has 11 heteroatoms. The number of hydrogen-bond donors (Lipinski definition) is 5. The Kier molecular flexibility index (Phi) is 5.49. The van der Waals surface area contributed by atoms with E-state index in [1.54, 1.807) is 24.5 Å². The number of sulfonamides is 1. The van der Waals surface area contributed by atoms with E-state index in [0.717, 1.165) is 31.3 Å². The third-order valence-electron chi connectivity index (χ3n) is 4.68. The van der Waals surface area contributed by atoms with Gasteiger partial charge in [-0.05, 0) is 37.6 Å². The highest BCUT2D eigenvalue weighted by atomic mass is 32.2. The lowest BCUT2D eigenvalue weighted by atomic mass is 10.1. The zero-order valence-corrected chi connectivity index (χ0v) is 16.9. The molecule has 3 heterocycles. The summed E-state index contributed by atoms with van der Waals surface area (Å²) in [5, 5.41) is 10.1. The Bertz CT molecular complexity index is 1090. The van der Waals surface area contributed by atoms with Crippen LogP contribution in [0.1, 0.15) is 19.3 Å². The predicted octanol–water partition coefficient (Wildman–Crippen LogP) is 1.44. The van der Waals surface area contributed by atoms with Crippen LogP contribution in [0.5, 0.6) is 0 Å². The van der Waals surface area contributed by atoms with Crippen molar-refractivity contribution in [2.24, 2.45) is 0 Å². The van der Waals surface area contributed by atoms with Gasteiger partial charge in [0.1, 0.15) is 0 Å². The first-order valence-electron chi connectivity index (χ1n) is 9.55. The van der Waals surface area contributed by atoms with Crippen LogP contribution in [-0.2, 0) is 10.0 Å². The van der Waals surface area contributed by atoms with Gasteiger partial charge in [0.25, 0.3) is 0 Å². The summed E-state index contributed by atoms with van der Waals surface area (Å²) >= 11 is 0. The lowest BCUT2D eigenvalue weighted by Crippen LogP contribution is -2.39. The van der Waals surface area contributed by atoms with Crippen molar-refractivity contribution >= 4 is 44.3 Å². The minimum Gasteiger partial charge on any atom is -0.365 e. The number of H-pyrrole nitrogens is 2. The second kappa shape index (κ2) is 8.21. The lowest BCUT2D eigenvalue weighted by molar-refractivity contribution is -0.347. The summed E-state index contributed by atoms with van der Waals surface area (Å²) in [6.45, 7) is 1.82. The fraction of sp³-hybridized carbons (Fsp3) is 0.389. The molecule has 1 atom stereocenters. The van der Waals surface area contributed by atoms with Gasteiger partial charge in [-0.15, -0.1) is 0 Å². The zero-order valence-electron chi connectivity index (χ0n) is 16.1. The topological polar surface area (TPSA) is 138 Å². The molecule has 29 heavy (non-hydrogen) atoms. The van der Waals surface area contributed by atoms with Crippen LogP contribution in [0.2, 0.25) is 0 Å². The number of anilines is 4. The van der Waals surface area contributed by atoms with Crippen LogP contribution in [0.15, 0.2) is 30.6 Å². The quantitative estimate of drug-likeness (QED) is 0.392. The van der Waals surface area contributed by atoms with E-state index in [1.807, 2.05) is 6.07 Å². The average Bonchev–Trinajstić information content (AvgIpc) is 3.14. The van der Waals surface area contributed by atoms with Crippen LogP contribution in [0.4, 0.5) is 23.1 Å². The Labute approximate surface area is 169 Å².